The second kappa shape index (κ2) is 6.51. The summed E-state index contributed by atoms with van der Waals surface area (Å²) in [4.78, 5) is 30.0. The summed E-state index contributed by atoms with van der Waals surface area (Å²) in [6, 6.07) is 5.09. The Labute approximate surface area is 133 Å². The van der Waals surface area contributed by atoms with Crippen molar-refractivity contribution >= 4 is 17.5 Å². The van der Waals surface area contributed by atoms with E-state index in [0.29, 0.717) is 24.7 Å². The molecule has 0 saturated carbocycles. The number of pyridine rings is 1. The number of nitrogens with one attached hydrogen (secondary N) is 1. The Hall–Kier alpha value is -2.83. The van der Waals surface area contributed by atoms with Gasteiger partial charge in [-0.25, -0.2) is 4.98 Å². The van der Waals surface area contributed by atoms with E-state index in [1.807, 2.05) is 13.0 Å². The van der Waals surface area contributed by atoms with Crippen molar-refractivity contribution in [3.8, 4) is 5.88 Å². The molecule has 0 aromatic carbocycles. The number of ether oxygens (including phenoxy) is 1. The largest absolute Gasteiger partial charge is 0.474 e. The maximum Gasteiger partial charge on any atom is 0.286 e. The molecule has 0 aliphatic carbocycles. The van der Waals surface area contributed by atoms with Crippen LogP contribution in [0.4, 0.5) is 5.69 Å². The van der Waals surface area contributed by atoms with Gasteiger partial charge < -0.3 is 19.4 Å². The van der Waals surface area contributed by atoms with E-state index in [0.717, 1.165) is 5.56 Å². The number of rotatable bonds is 4. The van der Waals surface area contributed by atoms with Gasteiger partial charge in [-0.05, 0) is 30.7 Å². The van der Waals surface area contributed by atoms with Gasteiger partial charge in [-0.2, -0.15) is 0 Å². The molecule has 1 aliphatic heterocycles. The monoisotopic (exact) mass is 315 g/mol. The van der Waals surface area contributed by atoms with Crippen LogP contribution in [0.2, 0.25) is 0 Å². The van der Waals surface area contributed by atoms with E-state index in [2.05, 4.69) is 10.3 Å². The fourth-order valence-electron chi connectivity index (χ4n) is 2.37. The summed E-state index contributed by atoms with van der Waals surface area (Å²) in [5.74, 6) is 0.285. The van der Waals surface area contributed by atoms with Crippen LogP contribution in [0.5, 0.6) is 5.88 Å². The zero-order chi connectivity index (χ0) is 16.2. The van der Waals surface area contributed by atoms with Crippen LogP contribution in [0, 0.1) is 6.92 Å². The molecular weight excluding hydrogens is 298 g/mol. The zero-order valence-corrected chi connectivity index (χ0v) is 12.7. The lowest BCUT2D eigenvalue weighted by Gasteiger charge is -2.29. The number of carbonyl (C=O) groups excluding carboxylic acids is 2. The highest BCUT2D eigenvalue weighted by Crippen LogP contribution is 2.30. The topological polar surface area (TPSA) is 84.7 Å². The van der Waals surface area contributed by atoms with E-state index in [1.54, 1.807) is 23.2 Å². The molecule has 0 spiro atoms. The van der Waals surface area contributed by atoms with Crippen LogP contribution in [0.25, 0.3) is 0 Å². The minimum absolute atomic E-state index is 0.0818. The normalized spacial score (nSPS) is 13.2. The first-order valence-corrected chi connectivity index (χ1v) is 7.36. The number of aromatic nitrogens is 1. The van der Waals surface area contributed by atoms with Crippen molar-refractivity contribution in [3.63, 3.8) is 0 Å². The number of fused-ring (bicyclic) bond motifs is 1. The SMILES string of the molecule is Cc1cnc2c(c1)N(C(=O)CCNC(=O)c1ccco1)CCO2. The Morgan fingerprint density at radius 2 is 2.30 bits per heavy atom. The molecule has 2 aromatic heterocycles. The van der Waals surface area contributed by atoms with Crippen molar-refractivity contribution in [3.05, 3.63) is 42.0 Å². The fourth-order valence-corrected chi connectivity index (χ4v) is 2.37. The minimum Gasteiger partial charge on any atom is -0.474 e. The minimum atomic E-state index is -0.331. The summed E-state index contributed by atoms with van der Waals surface area (Å²) in [6.07, 6.45) is 3.33. The Morgan fingerprint density at radius 1 is 1.43 bits per heavy atom. The van der Waals surface area contributed by atoms with Gasteiger partial charge in [-0.1, -0.05) is 0 Å². The van der Waals surface area contributed by atoms with Crippen LogP contribution < -0.4 is 15.0 Å². The van der Waals surface area contributed by atoms with Crippen molar-refractivity contribution < 1.29 is 18.7 Å². The van der Waals surface area contributed by atoms with E-state index in [1.165, 1.54) is 6.26 Å². The van der Waals surface area contributed by atoms with Gasteiger partial charge in [0.05, 0.1) is 12.8 Å². The summed E-state index contributed by atoms with van der Waals surface area (Å²) in [6.45, 7) is 3.04. The van der Waals surface area contributed by atoms with E-state index in [4.69, 9.17) is 9.15 Å². The number of hydrogen-bond donors (Lipinski definition) is 1. The highest BCUT2D eigenvalue weighted by Gasteiger charge is 2.24. The van der Waals surface area contributed by atoms with Crippen molar-refractivity contribution in [2.45, 2.75) is 13.3 Å². The first-order valence-electron chi connectivity index (χ1n) is 7.36. The first-order chi connectivity index (χ1) is 11.1. The van der Waals surface area contributed by atoms with Gasteiger partial charge in [0.1, 0.15) is 12.3 Å². The van der Waals surface area contributed by atoms with Gasteiger partial charge in [0.2, 0.25) is 11.8 Å². The highest BCUT2D eigenvalue weighted by molar-refractivity contribution is 5.96. The fraction of sp³-hybridized carbons (Fsp3) is 0.312. The summed E-state index contributed by atoms with van der Waals surface area (Å²) in [5.41, 5.74) is 1.64. The Balaban J connectivity index is 1.59. The molecule has 0 radical (unpaired) electrons. The second-order valence-corrected chi connectivity index (χ2v) is 5.21. The van der Waals surface area contributed by atoms with Gasteiger partial charge in [-0.3, -0.25) is 9.59 Å². The Morgan fingerprint density at radius 3 is 3.09 bits per heavy atom. The van der Waals surface area contributed by atoms with Gasteiger partial charge in [0, 0.05) is 19.2 Å². The van der Waals surface area contributed by atoms with E-state index >= 15 is 0 Å². The van der Waals surface area contributed by atoms with Crippen LogP contribution in [-0.4, -0.2) is 36.5 Å². The molecule has 0 unspecified atom stereocenters. The molecule has 1 aliphatic rings. The number of anilines is 1. The molecule has 3 heterocycles. The third kappa shape index (κ3) is 3.33. The van der Waals surface area contributed by atoms with Crippen molar-refractivity contribution in [1.29, 1.82) is 0 Å². The second-order valence-electron chi connectivity index (χ2n) is 5.21. The summed E-state index contributed by atoms with van der Waals surface area (Å²) in [7, 11) is 0. The molecule has 0 saturated heterocycles. The molecule has 7 heteroatoms. The molecule has 0 fully saturated rings. The van der Waals surface area contributed by atoms with Crippen LogP contribution in [0.15, 0.2) is 35.1 Å². The zero-order valence-electron chi connectivity index (χ0n) is 12.7. The average molecular weight is 315 g/mol. The number of carbonyl (C=O) groups is 2. The summed E-state index contributed by atoms with van der Waals surface area (Å²) in [5, 5.41) is 2.66. The molecule has 0 bridgehead atoms. The molecule has 2 aromatic rings. The summed E-state index contributed by atoms with van der Waals surface area (Å²) >= 11 is 0. The number of hydrogen-bond acceptors (Lipinski definition) is 5. The smallest absolute Gasteiger partial charge is 0.286 e. The lowest BCUT2D eigenvalue weighted by atomic mass is 10.2. The van der Waals surface area contributed by atoms with Crippen molar-refractivity contribution in [2.24, 2.45) is 0 Å². The molecule has 2 amide bonds. The predicted molar refractivity (Wildman–Crippen MR) is 82.5 cm³/mol. The maximum atomic E-state index is 12.4. The number of amides is 2. The standard InChI is InChI=1S/C16H17N3O4/c1-11-9-12-16(18-10-11)23-8-6-19(12)14(20)4-5-17-15(21)13-3-2-7-22-13/h2-3,7,9-10H,4-6,8H2,1H3,(H,17,21). The molecule has 3 rings (SSSR count). The third-order valence-electron chi connectivity index (χ3n) is 3.48. The lowest BCUT2D eigenvalue weighted by Crippen LogP contribution is -2.40. The van der Waals surface area contributed by atoms with Gasteiger partial charge in [0.25, 0.3) is 5.91 Å². The first kappa shape index (κ1) is 15.1. The summed E-state index contributed by atoms with van der Waals surface area (Å²) < 4.78 is 10.5. The molecular formula is C16H17N3O4. The molecule has 120 valence electrons. The number of nitrogens with zero attached hydrogens (tertiary/aromatic N) is 2. The molecule has 23 heavy (non-hydrogen) atoms. The van der Waals surface area contributed by atoms with Gasteiger partial charge >= 0.3 is 0 Å². The van der Waals surface area contributed by atoms with Gasteiger partial charge in [0.15, 0.2) is 5.76 Å². The van der Waals surface area contributed by atoms with Crippen LogP contribution in [-0.2, 0) is 4.79 Å². The van der Waals surface area contributed by atoms with Crippen LogP contribution >= 0.6 is 0 Å². The highest BCUT2D eigenvalue weighted by atomic mass is 16.5. The van der Waals surface area contributed by atoms with Crippen molar-refractivity contribution in [1.82, 2.24) is 10.3 Å². The Bertz CT molecular complexity index is 712. The maximum absolute atomic E-state index is 12.4. The van der Waals surface area contributed by atoms with Gasteiger partial charge in [-0.15, -0.1) is 0 Å². The third-order valence-corrected chi connectivity index (χ3v) is 3.48. The number of aryl methyl sites for hydroxylation is 1. The lowest BCUT2D eigenvalue weighted by molar-refractivity contribution is -0.118. The molecule has 7 nitrogen and oxygen atoms in total. The van der Waals surface area contributed by atoms with E-state index < -0.39 is 0 Å². The Kier molecular flexibility index (Phi) is 4.27. The molecule has 1 N–H and O–H groups in total. The van der Waals surface area contributed by atoms with E-state index in [-0.39, 0.29) is 30.5 Å². The van der Waals surface area contributed by atoms with Crippen molar-refractivity contribution in [2.75, 3.05) is 24.6 Å². The predicted octanol–water partition coefficient (Wildman–Crippen LogP) is 1.53. The average Bonchev–Trinajstić information content (AvgIpc) is 3.08. The van der Waals surface area contributed by atoms with E-state index in [9.17, 15) is 9.59 Å². The molecule has 0 atom stereocenters. The van der Waals surface area contributed by atoms with Crippen LogP contribution in [0.3, 0.4) is 0 Å². The number of furan rings is 1. The van der Waals surface area contributed by atoms with Crippen LogP contribution in [0.1, 0.15) is 22.5 Å². The quantitative estimate of drug-likeness (QED) is 0.925.